The van der Waals surface area contributed by atoms with Crippen molar-refractivity contribution in [3.05, 3.63) is 40.7 Å². The maximum absolute atomic E-state index is 11.6. The Kier molecular flexibility index (Phi) is 5.25. The Hall–Kier alpha value is -2.52. The van der Waals surface area contributed by atoms with Crippen LogP contribution in [0.25, 0.3) is 0 Å². The number of hydrogen-bond acceptors (Lipinski definition) is 8. The van der Waals surface area contributed by atoms with Gasteiger partial charge in [0.25, 0.3) is 0 Å². The van der Waals surface area contributed by atoms with Crippen LogP contribution in [0, 0.1) is 22.0 Å². The number of nitro groups is 1. The van der Waals surface area contributed by atoms with Gasteiger partial charge in [0.05, 0.1) is 4.92 Å². The third-order valence-corrected chi connectivity index (χ3v) is 4.46. The largest absolute Gasteiger partial charge is 0.396 e. The van der Waals surface area contributed by atoms with Crippen LogP contribution in [0.4, 0.5) is 17.3 Å². The van der Waals surface area contributed by atoms with Crippen molar-refractivity contribution >= 4 is 17.3 Å². The molecule has 0 amide bonds. The van der Waals surface area contributed by atoms with Crippen molar-refractivity contribution in [1.82, 2.24) is 9.97 Å². The zero-order chi connectivity index (χ0) is 17.8. The molecule has 134 valence electrons. The van der Waals surface area contributed by atoms with Crippen molar-refractivity contribution in [1.29, 1.82) is 0 Å². The normalized spacial score (nSPS) is 27.6. The molecule has 2 aliphatic carbocycles. The summed E-state index contributed by atoms with van der Waals surface area (Å²) in [6.45, 7) is 0.0980. The molecular formula is C16H21N5O4. The second-order valence-electron chi connectivity index (χ2n) is 6.30. The fraction of sp³-hybridized carbons (Fsp3) is 0.500. The lowest BCUT2D eigenvalue weighted by atomic mass is 10.1. The molecule has 0 radical (unpaired) electrons. The first kappa shape index (κ1) is 17.3. The van der Waals surface area contributed by atoms with E-state index in [1.54, 1.807) is 0 Å². The minimum atomic E-state index is -0.505. The molecule has 0 fully saturated rings. The van der Waals surface area contributed by atoms with E-state index in [4.69, 9.17) is 0 Å². The number of anilines is 2. The number of hydrogen-bond donors (Lipinski definition) is 4. The third kappa shape index (κ3) is 3.94. The van der Waals surface area contributed by atoms with Crippen LogP contribution in [0.1, 0.15) is 12.8 Å². The highest BCUT2D eigenvalue weighted by molar-refractivity contribution is 5.70. The predicted molar refractivity (Wildman–Crippen MR) is 92.2 cm³/mol. The highest BCUT2D eigenvalue weighted by Gasteiger charge is 2.28. The number of aromatic nitrogens is 2. The second kappa shape index (κ2) is 7.58. The number of aliphatic hydroxyl groups is 2. The van der Waals surface area contributed by atoms with Gasteiger partial charge in [-0.1, -0.05) is 24.3 Å². The molecule has 0 bridgehead atoms. The van der Waals surface area contributed by atoms with Gasteiger partial charge in [0.15, 0.2) is 0 Å². The Morgan fingerprint density at radius 3 is 1.84 bits per heavy atom. The van der Waals surface area contributed by atoms with Crippen LogP contribution in [-0.4, -0.2) is 50.4 Å². The smallest absolute Gasteiger partial charge is 0.353 e. The molecule has 0 aromatic carbocycles. The lowest BCUT2D eigenvalue weighted by molar-refractivity contribution is -0.383. The van der Waals surface area contributed by atoms with Gasteiger partial charge in [-0.3, -0.25) is 10.1 Å². The minimum Gasteiger partial charge on any atom is -0.396 e. The van der Waals surface area contributed by atoms with Crippen LogP contribution in [0.2, 0.25) is 0 Å². The molecule has 0 saturated heterocycles. The molecule has 2 aliphatic rings. The highest BCUT2D eigenvalue weighted by Crippen LogP contribution is 2.33. The molecular weight excluding hydrogens is 326 g/mol. The van der Waals surface area contributed by atoms with Crippen molar-refractivity contribution in [2.24, 2.45) is 11.8 Å². The van der Waals surface area contributed by atoms with Gasteiger partial charge >= 0.3 is 5.69 Å². The van der Waals surface area contributed by atoms with Crippen LogP contribution in [0.3, 0.4) is 0 Å². The number of aliphatic hydroxyl groups excluding tert-OH is 2. The molecule has 1 heterocycles. The van der Waals surface area contributed by atoms with E-state index < -0.39 is 4.92 Å². The monoisotopic (exact) mass is 347 g/mol. The molecule has 4 atom stereocenters. The van der Waals surface area contributed by atoms with Crippen LogP contribution < -0.4 is 10.6 Å². The van der Waals surface area contributed by atoms with E-state index in [1.807, 2.05) is 24.3 Å². The molecule has 0 spiro atoms. The van der Waals surface area contributed by atoms with Gasteiger partial charge in [-0.2, -0.15) is 0 Å². The van der Waals surface area contributed by atoms with Crippen LogP contribution >= 0.6 is 0 Å². The predicted octanol–water partition coefficient (Wildman–Crippen LogP) is 1.08. The molecule has 1 aromatic rings. The van der Waals surface area contributed by atoms with Gasteiger partial charge in [0.2, 0.25) is 11.6 Å². The van der Waals surface area contributed by atoms with Gasteiger partial charge in [-0.25, -0.2) is 9.97 Å². The summed E-state index contributed by atoms with van der Waals surface area (Å²) in [6.07, 6.45) is 10.1. The number of rotatable bonds is 7. The van der Waals surface area contributed by atoms with Crippen molar-refractivity contribution in [3.63, 3.8) is 0 Å². The lowest BCUT2D eigenvalue weighted by Crippen LogP contribution is -2.21. The molecule has 0 aliphatic heterocycles. The lowest BCUT2D eigenvalue weighted by Gasteiger charge is -2.16. The third-order valence-electron chi connectivity index (χ3n) is 4.46. The van der Waals surface area contributed by atoms with Crippen LogP contribution in [0.5, 0.6) is 0 Å². The molecule has 4 N–H and O–H groups in total. The van der Waals surface area contributed by atoms with Crippen molar-refractivity contribution in [2.45, 2.75) is 24.9 Å². The van der Waals surface area contributed by atoms with E-state index in [0.29, 0.717) is 12.8 Å². The zero-order valence-corrected chi connectivity index (χ0v) is 13.6. The Labute approximate surface area is 144 Å². The summed E-state index contributed by atoms with van der Waals surface area (Å²) < 4.78 is 0. The van der Waals surface area contributed by atoms with Crippen LogP contribution in [0.15, 0.2) is 30.6 Å². The van der Waals surface area contributed by atoms with Gasteiger partial charge in [-0.05, 0) is 12.8 Å². The van der Waals surface area contributed by atoms with Crippen molar-refractivity contribution in [2.75, 3.05) is 23.8 Å². The van der Waals surface area contributed by atoms with E-state index in [-0.39, 0.29) is 54.5 Å². The Balaban J connectivity index is 1.77. The maximum Gasteiger partial charge on any atom is 0.353 e. The van der Waals surface area contributed by atoms with Gasteiger partial charge < -0.3 is 20.8 Å². The Bertz CT molecular complexity index is 645. The van der Waals surface area contributed by atoms with Gasteiger partial charge in [0.1, 0.15) is 6.33 Å². The summed E-state index contributed by atoms with van der Waals surface area (Å²) in [5.41, 5.74) is -0.204. The van der Waals surface area contributed by atoms with Gasteiger partial charge in [-0.15, -0.1) is 0 Å². The molecule has 0 unspecified atom stereocenters. The van der Waals surface area contributed by atoms with E-state index in [9.17, 15) is 20.3 Å². The first-order chi connectivity index (χ1) is 12.1. The topological polar surface area (TPSA) is 133 Å². The fourth-order valence-electron chi connectivity index (χ4n) is 3.15. The molecule has 0 saturated carbocycles. The summed E-state index contributed by atoms with van der Waals surface area (Å²) in [4.78, 5) is 19.1. The van der Waals surface area contributed by atoms with Gasteiger partial charge in [0, 0.05) is 37.1 Å². The molecule has 25 heavy (non-hydrogen) atoms. The summed E-state index contributed by atoms with van der Waals surface area (Å²) >= 11 is 0. The molecule has 1 aromatic heterocycles. The summed E-state index contributed by atoms with van der Waals surface area (Å²) in [5.74, 6) is 0.401. The summed E-state index contributed by atoms with van der Waals surface area (Å²) in [5, 5.41) is 36.0. The molecule has 9 nitrogen and oxygen atoms in total. The number of nitrogens with one attached hydrogen (secondary N) is 2. The minimum absolute atomic E-state index is 0.0490. The van der Waals surface area contributed by atoms with E-state index in [0.717, 1.165) is 0 Å². The summed E-state index contributed by atoms with van der Waals surface area (Å²) in [7, 11) is 0. The number of nitrogens with zero attached hydrogens (tertiary/aromatic N) is 3. The second-order valence-corrected chi connectivity index (χ2v) is 6.30. The fourth-order valence-corrected chi connectivity index (χ4v) is 3.15. The first-order valence-corrected chi connectivity index (χ1v) is 8.21. The quantitative estimate of drug-likeness (QED) is 0.327. The Morgan fingerprint density at radius 1 is 1.00 bits per heavy atom. The van der Waals surface area contributed by atoms with Crippen molar-refractivity contribution < 1.29 is 15.1 Å². The van der Waals surface area contributed by atoms with Crippen molar-refractivity contribution in [3.8, 4) is 0 Å². The van der Waals surface area contributed by atoms with E-state index >= 15 is 0 Å². The molecule has 9 heteroatoms. The SMILES string of the molecule is O=[N+]([O-])c1c(N[C@@H]2C=C[C@H](CO)C2)ncnc1N[C@@H]1C=C[C@H](CO)C1. The standard InChI is InChI=1S/C16H21N5O4/c22-7-10-1-3-12(5-10)19-15-14(21(24)25)16(18-9-17-15)20-13-4-2-11(6-13)8-23/h1-4,9-13,22-23H,5-8H2,(H2,17,18,19,20)/t10-,11-,12+,13+/m0/s1. The first-order valence-electron chi connectivity index (χ1n) is 8.21. The summed E-state index contributed by atoms with van der Waals surface area (Å²) in [6, 6.07) is -0.243. The maximum atomic E-state index is 11.6. The molecule has 3 rings (SSSR count). The average molecular weight is 347 g/mol. The van der Waals surface area contributed by atoms with E-state index in [1.165, 1.54) is 6.33 Å². The van der Waals surface area contributed by atoms with E-state index in [2.05, 4.69) is 20.6 Å². The highest BCUT2D eigenvalue weighted by atomic mass is 16.6. The average Bonchev–Trinajstić information content (AvgIpc) is 3.23. The zero-order valence-electron chi connectivity index (χ0n) is 13.6. The van der Waals surface area contributed by atoms with Crippen LogP contribution in [-0.2, 0) is 0 Å². The Morgan fingerprint density at radius 2 is 1.48 bits per heavy atom.